The van der Waals surface area contributed by atoms with Crippen LogP contribution in [0.5, 0.6) is 0 Å². The van der Waals surface area contributed by atoms with E-state index in [1.54, 1.807) is 0 Å². The first-order chi connectivity index (χ1) is 8.59. The summed E-state index contributed by atoms with van der Waals surface area (Å²) in [6, 6.07) is 0. The minimum atomic E-state index is 0.399. The summed E-state index contributed by atoms with van der Waals surface area (Å²) in [5.41, 5.74) is 0.399. The molecule has 1 heterocycles. The molecule has 3 nitrogen and oxygen atoms in total. The molecule has 1 atom stereocenters. The molecule has 3 heteroatoms. The lowest BCUT2D eigenvalue weighted by atomic mass is 9.86. The van der Waals surface area contributed by atoms with E-state index in [4.69, 9.17) is 4.74 Å². The van der Waals surface area contributed by atoms with Gasteiger partial charge in [0.25, 0.3) is 0 Å². The highest BCUT2D eigenvalue weighted by Crippen LogP contribution is 2.23. The zero-order valence-electron chi connectivity index (χ0n) is 12.8. The fraction of sp³-hybridized carbons (Fsp3) is 1.00. The largest absolute Gasteiger partial charge is 0.381 e. The Balaban J connectivity index is 2.33. The summed E-state index contributed by atoms with van der Waals surface area (Å²) in [5.74, 6) is 0.837. The number of nitrogens with one attached hydrogen (secondary N) is 1. The van der Waals surface area contributed by atoms with E-state index in [1.165, 1.54) is 32.4 Å². The Morgan fingerprint density at radius 2 is 1.94 bits per heavy atom. The highest BCUT2D eigenvalue weighted by molar-refractivity contribution is 4.79. The smallest absolute Gasteiger partial charge is 0.0469 e. The van der Waals surface area contributed by atoms with Gasteiger partial charge in [-0.2, -0.15) is 0 Å². The molecular formula is C15H32N2O. The van der Waals surface area contributed by atoms with Crippen molar-refractivity contribution in [1.82, 2.24) is 10.2 Å². The van der Waals surface area contributed by atoms with E-state index in [1.807, 2.05) is 0 Å². The summed E-state index contributed by atoms with van der Waals surface area (Å²) in [7, 11) is 2.27. The first-order valence-corrected chi connectivity index (χ1v) is 7.56. The molecule has 1 N–H and O–H groups in total. The number of rotatable bonds is 8. The molecular weight excluding hydrogens is 224 g/mol. The van der Waals surface area contributed by atoms with Crippen molar-refractivity contribution in [2.45, 2.75) is 40.0 Å². The molecule has 1 saturated heterocycles. The van der Waals surface area contributed by atoms with Gasteiger partial charge in [-0.05, 0) is 44.2 Å². The summed E-state index contributed by atoms with van der Waals surface area (Å²) in [6.45, 7) is 13.4. The minimum Gasteiger partial charge on any atom is -0.381 e. The first kappa shape index (κ1) is 15.9. The molecule has 0 aliphatic carbocycles. The van der Waals surface area contributed by atoms with Crippen LogP contribution in [0.3, 0.4) is 0 Å². The Morgan fingerprint density at radius 1 is 1.28 bits per heavy atom. The number of hydrogen-bond acceptors (Lipinski definition) is 3. The third kappa shape index (κ3) is 5.68. The maximum atomic E-state index is 5.43. The SMILES string of the molecule is CCNCC(C)(CC)CN(C)CC1CCOCC1. The fourth-order valence-corrected chi connectivity index (χ4v) is 2.81. The molecule has 0 saturated carbocycles. The van der Waals surface area contributed by atoms with Gasteiger partial charge in [0, 0.05) is 32.8 Å². The van der Waals surface area contributed by atoms with Crippen LogP contribution in [0, 0.1) is 11.3 Å². The average molecular weight is 256 g/mol. The minimum absolute atomic E-state index is 0.399. The van der Waals surface area contributed by atoms with Crippen molar-refractivity contribution in [3.63, 3.8) is 0 Å². The van der Waals surface area contributed by atoms with Crippen molar-refractivity contribution in [2.75, 3.05) is 46.4 Å². The summed E-state index contributed by atoms with van der Waals surface area (Å²) in [5, 5.41) is 3.50. The van der Waals surface area contributed by atoms with Gasteiger partial charge in [-0.25, -0.2) is 0 Å². The highest BCUT2D eigenvalue weighted by atomic mass is 16.5. The lowest BCUT2D eigenvalue weighted by Crippen LogP contribution is -2.42. The molecule has 0 spiro atoms. The Hall–Kier alpha value is -0.120. The first-order valence-electron chi connectivity index (χ1n) is 7.56. The standard InChI is InChI=1S/C15H32N2O/c1-5-15(3,12-16-6-2)13-17(4)11-14-7-9-18-10-8-14/h14,16H,5-13H2,1-4H3. The van der Waals surface area contributed by atoms with Crippen LogP contribution < -0.4 is 5.32 Å². The lowest BCUT2D eigenvalue weighted by molar-refractivity contribution is 0.0500. The molecule has 0 aromatic carbocycles. The maximum absolute atomic E-state index is 5.43. The molecule has 1 rings (SSSR count). The van der Waals surface area contributed by atoms with E-state index >= 15 is 0 Å². The van der Waals surface area contributed by atoms with Crippen LogP contribution in [0.25, 0.3) is 0 Å². The van der Waals surface area contributed by atoms with Crippen LogP contribution in [-0.2, 0) is 4.74 Å². The molecule has 18 heavy (non-hydrogen) atoms. The van der Waals surface area contributed by atoms with Gasteiger partial charge < -0.3 is 15.0 Å². The van der Waals surface area contributed by atoms with Crippen LogP contribution in [0.1, 0.15) is 40.0 Å². The number of hydrogen-bond donors (Lipinski definition) is 1. The Morgan fingerprint density at radius 3 is 2.50 bits per heavy atom. The van der Waals surface area contributed by atoms with Crippen molar-refractivity contribution >= 4 is 0 Å². The van der Waals surface area contributed by atoms with E-state index in [-0.39, 0.29) is 0 Å². The van der Waals surface area contributed by atoms with E-state index in [0.717, 1.165) is 32.2 Å². The van der Waals surface area contributed by atoms with E-state index in [9.17, 15) is 0 Å². The maximum Gasteiger partial charge on any atom is 0.0469 e. The Bertz CT molecular complexity index is 217. The summed E-state index contributed by atoms with van der Waals surface area (Å²) < 4.78 is 5.43. The van der Waals surface area contributed by atoms with Crippen molar-refractivity contribution in [3.05, 3.63) is 0 Å². The van der Waals surface area contributed by atoms with Gasteiger partial charge in [-0.3, -0.25) is 0 Å². The van der Waals surface area contributed by atoms with Crippen LogP contribution in [0.15, 0.2) is 0 Å². The van der Waals surface area contributed by atoms with Gasteiger partial charge in [-0.15, -0.1) is 0 Å². The third-order valence-electron chi connectivity index (χ3n) is 4.22. The predicted octanol–water partition coefficient (Wildman–Crippen LogP) is 2.37. The van der Waals surface area contributed by atoms with Crippen LogP contribution in [0.2, 0.25) is 0 Å². The molecule has 1 aliphatic heterocycles. The molecule has 108 valence electrons. The summed E-state index contributed by atoms with van der Waals surface area (Å²) in [6.07, 6.45) is 3.71. The van der Waals surface area contributed by atoms with E-state index in [0.29, 0.717) is 5.41 Å². The van der Waals surface area contributed by atoms with Crippen molar-refractivity contribution in [3.8, 4) is 0 Å². The third-order valence-corrected chi connectivity index (χ3v) is 4.22. The Labute approximate surface area is 113 Å². The van der Waals surface area contributed by atoms with Gasteiger partial charge in [0.05, 0.1) is 0 Å². The van der Waals surface area contributed by atoms with Crippen LogP contribution in [-0.4, -0.2) is 51.3 Å². The molecule has 1 unspecified atom stereocenters. The second kappa shape index (κ2) is 8.13. The summed E-state index contributed by atoms with van der Waals surface area (Å²) >= 11 is 0. The molecule has 1 fully saturated rings. The molecule has 0 amide bonds. The van der Waals surface area contributed by atoms with Crippen LogP contribution in [0.4, 0.5) is 0 Å². The zero-order chi connectivity index (χ0) is 13.4. The highest BCUT2D eigenvalue weighted by Gasteiger charge is 2.25. The average Bonchev–Trinajstić information content (AvgIpc) is 2.37. The van der Waals surface area contributed by atoms with Gasteiger partial charge in [0.1, 0.15) is 0 Å². The molecule has 1 aliphatic rings. The van der Waals surface area contributed by atoms with Gasteiger partial charge in [0.15, 0.2) is 0 Å². The number of ether oxygens (including phenoxy) is 1. The lowest BCUT2D eigenvalue weighted by Gasteiger charge is -2.35. The Kier molecular flexibility index (Phi) is 7.20. The van der Waals surface area contributed by atoms with Crippen molar-refractivity contribution in [2.24, 2.45) is 11.3 Å². The molecule has 0 aromatic rings. The molecule has 0 radical (unpaired) electrons. The fourth-order valence-electron chi connectivity index (χ4n) is 2.81. The van der Waals surface area contributed by atoms with Crippen molar-refractivity contribution < 1.29 is 4.74 Å². The van der Waals surface area contributed by atoms with Crippen molar-refractivity contribution in [1.29, 1.82) is 0 Å². The summed E-state index contributed by atoms with van der Waals surface area (Å²) in [4.78, 5) is 2.52. The second-order valence-corrected chi connectivity index (χ2v) is 6.20. The molecule has 0 aromatic heterocycles. The second-order valence-electron chi connectivity index (χ2n) is 6.20. The normalized spacial score (nSPS) is 21.2. The topological polar surface area (TPSA) is 24.5 Å². The molecule has 0 bridgehead atoms. The quantitative estimate of drug-likeness (QED) is 0.721. The zero-order valence-corrected chi connectivity index (χ0v) is 12.8. The van der Waals surface area contributed by atoms with Gasteiger partial charge in [0.2, 0.25) is 0 Å². The van der Waals surface area contributed by atoms with E-state index < -0.39 is 0 Å². The number of nitrogens with zero attached hydrogens (tertiary/aromatic N) is 1. The van der Waals surface area contributed by atoms with Gasteiger partial charge in [-0.1, -0.05) is 20.8 Å². The van der Waals surface area contributed by atoms with Gasteiger partial charge >= 0.3 is 0 Å². The van der Waals surface area contributed by atoms with E-state index in [2.05, 4.69) is 38.0 Å². The van der Waals surface area contributed by atoms with Crippen LogP contribution >= 0.6 is 0 Å². The predicted molar refractivity (Wildman–Crippen MR) is 78.0 cm³/mol. The monoisotopic (exact) mass is 256 g/mol.